The molecule has 0 saturated carbocycles. The van der Waals surface area contributed by atoms with Crippen LogP contribution in [0, 0.1) is 0 Å². The molecule has 2 aromatic rings. The molecule has 16 heavy (non-hydrogen) atoms. The quantitative estimate of drug-likeness (QED) is 0.733. The number of anilines is 2. The Morgan fingerprint density at radius 2 is 1.56 bits per heavy atom. The summed E-state index contributed by atoms with van der Waals surface area (Å²) in [6.07, 6.45) is 0. The van der Waals surface area contributed by atoms with Crippen LogP contribution in [0.15, 0.2) is 48.5 Å². The van der Waals surface area contributed by atoms with Gasteiger partial charge in [0.15, 0.2) is 0 Å². The summed E-state index contributed by atoms with van der Waals surface area (Å²) in [5.74, 6) is 0. The monoisotopic (exact) mass is 228 g/mol. The lowest BCUT2D eigenvalue weighted by Crippen LogP contribution is -2.41. The summed E-state index contributed by atoms with van der Waals surface area (Å²) >= 11 is 5.98. The first-order valence-corrected chi connectivity index (χ1v) is 5.58. The number of para-hydroxylation sites is 2. The van der Waals surface area contributed by atoms with Crippen molar-refractivity contribution < 1.29 is 0 Å². The van der Waals surface area contributed by atoms with Crippen molar-refractivity contribution in [3.8, 4) is 0 Å². The molecule has 2 nitrogen and oxygen atoms in total. The summed E-state index contributed by atoms with van der Waals surface area (Å²) in [5, 5.41) is 7.58. The predicted molar refractivity (Wildman–Crippen MR) is 70.5 cm³/mol. The summed E-state index contributed by atoms with van der Waals surface area (Å²) in [5.41, 5.74) is 3.41. The van der Waals surface area contributed by atoms with Crippen molar-refractivity contribution in [2.45, 2.75) is 0 Å². The maximum Gasteiger partial charge on any atom is 0.406 e. The first kappa shape index (κ1) is 9.61. The van der Waals surface area contributed by atoms with Crippen LogP contribution < -0.4 is 15.9 Å². The van der Waals surface area contributed by atoms with E-state index in [1.165, 1.54) is 0 Å². The van der Waals surface area contributed by atoms with Gasteiger partial charge in [-0.05, 0) is 29.7 Å². The SMILES string of the molecule is Clc1cccc(B2Nc3ccccc3N2)c1. The molecule has 1 aliphatic heterocycles. The highest BCUT2D eigenvalue weighted by Crippen LogP contribution is 2.26. The maximum absolute atomic E-state index is 5.98. The average molecular weight is 228 g/mol. The Labute approximate surface area is 99.8 Å². The molecule has 0 bridgehead atoms. The van der Waals surface area contributed by atoms with Gasteiger partial charge in [-0.25, -0.2) is 0 Å². The van der Waals surface area contributed by atoms with E-state index < -0.39 is 0 Å². The van der Waals surface area contributed by atoms with E-state index in [0.29, 0.717) is 0 Å². The highest BCUT2D eigenvalue weighted by atomic mass is 35.5. The third-order valence-corrected chi connectivity index (χ3v) is 2.94. The second-order valence-electron chi connectivity index (χ2n) is 3.82. The van der Waals surface area contributed by atoms with Gasteiger partial charge in [-0.1, -0.05) is 35.9 Å². The first-order chi connectivity index (χ1) is 7.83. The van der Waals surface area contributed by atoms with E-state index >= 15 is 0 Å². The molecular formula is C12H10BClN2. The minimum Gasteiger partial charge on any atom is -0.404 e. The third kappa shape index (κ3) is 1.63. The van der Waals surface area contributed by atoms with Gasteiger partial charge < -0.3 is 10.5 Å². The second kappa shape index (κ2) is 3.76. The topological polar surface area (TPSA) is 24.1 Å². The largest absolute Gasteiger partial charge is 0.406 e. The number of hydrogen-bond donors (Lipinski definition) is 2. The number of benzene rings is 2. The number of nitrogens with one attached hydrogen (secondary N) is 2. The lowest BCUT2D eigenvalue weighted by molar-refractivity contribution is 1.70. The van der Waals surface area contributed by atoms with Crippen molar-refractivity contribution >= 4 is 35.4 Å². The molecule has 4 heteroatoms. The Bertz CT molecular complexity index is 505. The van der Waals surface area contributed by atoms with Crippen LogP contribution in [-0.2, 0) is 0 Å². The van der Waals surface area contributed by atoms with E-state index in [0.717, 1.165) is 21.9 Å². The fraction of sp³-hybridized carbons (Fsp3) is 0. The average Bonchev–Trinajstić information content (AvgIpc) is 2.72. The predicted octanol–water partition coefficient (Wildman–Crippen LogP) is 2.57. The standard InChI is InChI=1S/C12H10BClN2/c14-10-5-3-4-9(8-10)13-15-11-6-1-2-7-12(11)16-13/h1-8,15-16H. The third-order valence-electron chi connectivity index (χ3n) is 2.71. The van der Waals surface area contributed by atoms with Gasteiger partial charge in [0.05, 0.1) is 0 Å². The van der Waals surface area contributed by atoms with E-state index in [-0.39, 0.29) is 6.98 Å². The van der Waals surface area contributed by atoms with Crippen LogP contribution in [0.2, 0.25) is 5.02 Å². The molecule has 0 aromatic heterocycles. The van der Waals surface area contributed by atoms with Crippen LogP contribution in [0.25, 0.3) is 0 Å². The van der Waals surface area contributed by atoms with Crippen LogP contribution >= 0.6 is 11.6 Å². The van der Waals surface area contributed by atoms with Crippen LogP contribution in [-0.4, -0.2) is 6.98 Å². The summed E-state index contributed by atoms with van der Waals surface area (Å²) < 4.78 is 0. The fourth-order valence-electron chi connectivity index (χ4n) is 1.93. The Hall–Kier alpha value is -1.61. The molecule has 0 fully saturated rings. The number of halogens is 1. The first-order valence-electron chi connectivity index (χ1n) is 5.20. The zero-order chi connectivity index (χ0) is 11.0. The van der Waals surface area contributed by atoms with Crippen molar-refractivity contribution in [2.75, 3.05) is 10.5 Å². The Kier molecular flexibility index (Phi) is 2.26. The lowest BCUT2D eigenvalue weighted by Gasteiger charge is -2.07. The highest BCUT2D eigenvalue weighted by Gasteiger charge is 2.25. The summed E-state index contributed by atoms with van der Waals surface area (Å²) in [7, 11) is 0. The van der Waals surface area contributed by atoms with Crippen molar-refractivity contribution in [2.24, 2.45) is 0 Å². The number of fused-ring (bicyclic) bond motifs is 1. The molecule has 3 rings (SSSR count). The molecule has 0 amide bonds. The Morgan fingerprint density at radius 1 is 0.875 bits per heavy atom. The Morgan fingerprint density at radius 3 is 2.19 bits per heavy atom. The van der Waals surface area contributed by atoms with Crippen molar-refractivity contribution in [1.82, 2.24) is 0 Å². The summed E-state index contributed by atoms with van der Waals surface area (Å²) in [6, 6.07) is 16.0. The van der Waals surface area contributed by atoms with Gasteiger partial charge in [-0.3, -0.25) is 0 Å². The number of hydrogen-bond acceptors (Lipinski definition) is 2. The molecule has 0 radical (unpaired) electrons. The summed E-state index contributed by atoms with van der Waals surface area (Å²) in [4.78, 5) is 0. The minimum atomic E-state index is 0.107. The molecule has 2 N–H and O–H groups in total. The highest BCUT2D eigenvalue weighted by molar-refractivity contribution is 6.81. The molecule has 0 unspecified atom stereocenters. The van der Waals surface area contributed by atoms with Gasteiger partial charge in [0.1, 0.15) is 0 Å². The molecule has 0 atom stereocenters. The fourth-order valence-corrected chi connectivity index (χ4v) is 2.13. The van der Waals surface area contributed by atoms with Crippen LogP contribution in [0.4, 0.5) is 11.4 Å². The maximum atomic E-state index is 5.98. The van der Waals surface area contributed by atoms with E-state index in [1.807, 2.05) is 30.3 Å². The van der Waals surface area contributed by atoms with Crippen molar-refractivity contribution in [3.63, 3.8) is 0 Å². The van der Waals surface area contributed by atoms with E-state index in [9.17, 15) is 0 Å². The molecule has 2 aromatic carbocycles. The zero-order valence-corrected chi connectivity index (χ0v) is 9.33. The van der Waals surface area contributed by atoms with Crippen molar-refractivity contribution in [3.05, 3.63) is 53.6 Å². The van der Waals surface area contributed by atoms with Gasteiger partial charge in [0.2, 0.25) is 0 Å². The Balaban J connectivity index is 1.91. The molecule has 78 valence electrons. The normalized spacial score (nSPS) is 12.9. The molecule has 0 saturated heterocycles. The molecule has 1 aliphatic rings. The van der Waals surface area contributed by atoms with Crippen LogP contribution in [0.1, 0.15) is 0 Å². The summed E-state index contributed by atoms with van der Waals surface area (Å²) in [6.45, 7) is 0.107. The van der Waals surface area contributed by atoms with Gasteiger partial charge in [0.25, 0.3) is 0 Å². The number of rotatable bonds is 1. The van der Waals surface area contributed by atoms with Crippen LogP contribution in [0.5, 0.6) is 0 Å². The zero-order valence-electron chi connectivity index (χ0n) is 8.57. The molecular weight excluding hydrogens is 218 g/mol. The second-order valence-corrected chi connectivity index (χ2v) is 4.26. The molecule has 1 heterocycles. The molecule has 0 aliphatic carbocycles. The van der Waals surface area contributed by atoms with Gasteiger partial charge >= 0.3 is 6.98 Å². The van der Waals surface area contributed by atoms with Gasteiger partial charge in [-0.15, -0.1) is 0 Å². The van der Waals surface area contributed by atoms with E-state index in [2.05, 4.69) is 28.7 Å². The minimum absolute atomic E-state index is 0.107. The molecule has 0 spiro atoms. The smallest absolute Gasteiger partial charge is 0.404 e. The van der Waals surface area contributed by atoms with Gasteiger partial charge in [0, 0.05) is 16.4 Å². The van der Waals surface area contributed by atoms with Gasteiger partial charge in [-0.2, -0.15) is 0 Å². The van der Waals surface area contributed by atoms with E-state index in [1.54, 1.807) is 0 Å². The van der Waals surface area contributed by atoms with Crippen LogP contribution in [0.3, 0.4) is 0 Å². The van der Waals surface area contributed by atoms with Crippen molar-refractivity contribution in [1.29, 1.82) is 0 Å². The lowest BCUT2D eigenvalue weighted by atomic mass is 9.69. The van der Waals surface area contributed by atoms with E-state index in [4.69, 9.17) is 11.6 Å².